The maximum atomic E-state index is 13.0. The van der Waals surface area contributed by atoms with E-state index in [-0.39, 0.29) is 0 Å². The average molecular weight is 359 g/mol. The lowest BCUT2D eigenvalue weighted by atomic mass is 10.1. The van der Waals surface area contributed by atoms with E-state index in [9.17, 15) is 38.2 Å². The molecule has 0 aliphatic rings. The van der Waals surface area contributed by atoms with Crippen molar-refractivity contribution >= 4 is 17.1 Å². The molecule has 0 aliphatic heterocycles. The number of nitrogen functional groups attached to an aromatic ring is 1. The van der Waals surface area contributed by atoms with Crippen LogP contribution in [0.2, 0.25) is 0 Å². The number of benzene rings is 1. The van der Waals surface area contributed by atoms with E-state index in [0.29, 0.717) is 10.6 Å². The lowest BCUT2D eigenvalue weighted by Gasteiger charge is -2.14. The highest BCUT2D eigenvalue weighted by atomic mass is 19.4. The van der Waals surface area contributed by atoms with Crippen molar-refractivity contribution < 1.29 is 23.0 Å². The van der Waals surface area contributed by atoms with Crippen LogP contribution in [0.25, 0.3) is 11.4 Å². The molecule has 25 heavy (non-hydrogen) atoms. The zero-order chi connectivity index (χ0) is 19.1. The zero-order valence-corrected chi connectivity index (χ0v) is 12.3. The number of aromatic nitrogens is 2. The Bertz CT molecular complexity index is 953. The number of nitro groups is 2. The molecule has 0 aliphatic carbocycles. The average Bonchev–Trinajstić information content (AvgIpc) is 2.51. The quantitative estimate of drug-likeness (QED) is 0.649. The predicted octanol–water partition coefficient (Wildman–Crippen LogP) is 1.86. The second-order valence-electron chi connectivity index (χ2n) is 4.78. The van der Waals surface area contributed by atoms with Crippen molar-refractivity contribution in [2.75, 3.05) is 5.73 Å². The summed E-state index contributed by atoms with van der Waals surface area (Å²) in [6.45, 7) is 0. The number of rotatable bonds is 3. The van der Waals surface area contributed by atoms with Crippen LogP contribution < -0.4 is 11.3 Å². The lowest BCUT2D eigenvalue weighted by molar-refractivity contribution is -0.393. The number of nitro benzene ring substituents is 2. The van der Waals surface area contributed by atoms with Gasteiger partial charge in [0.15, 0.2) is 5.69 Å². The summed E-state index contributed by atoms with van der Waals surface area (Å²) in [4.78, 5) is 35.1. The number of halogens is 3. The zero-order valence-electron chi connectivity index (χ0n) is 12.3. The summed E-state index contributed by atoms with van der Waals surface area (Å²) in [5.74, 6) is -0.701. The third-order valence-electron chi connectivity index (χ3n) is 3.22. The van der Waals surface area contributed by atoms with Gasteiger partial charge in [0.05, 0.1) is 21.5 Å². The summed E-state index contributed by atoms with van der Waals surface area (Å²) in [5.41, 5.74) is -1.01. The number of nitrogens with two attached hydrogens (primary N) is 1. The number of hydrogen-bond donors (Lipinski definition) is 1. The van der Waals surface area contributed by atoms with Gasteiger partial charge in [-0.15, -0.1) is 0 Å². The minimum Gasteiger partial charge on any atom is -0.392 e. The highest BCUT2D eigenvalue weighted by Crippen LogP contribution is 2.35. The Hall–Kier alpha value is -3.51. The van der Waals surface area contributed by atoms with Crippen molar-refractivity contribution in [1.29, 1.82) is 0 Å². The molecule has 132 valence electrons. The van der Waals surface area contributed by atoms with Crippen molar-refractivity contribution in [1.82, 2.24) is 9.55 Å². The fourth-order valence-corrected chi connectivity index (χ4v) is 2.05. The van der Waals surface area contributed by atoms with Gasteiger partial charge in [0.2, 0.25) is 0 Å². The standard InChI is InChI=1S/C12H8F3N5O5/c1-18-10(17-9(12(13,14)15)8(16)11(18)21)6-3-2-5(19(22)23)4-7(6)20(24)25/h2-4H,16H2,1H3. The van der Waals surface area contributed by atoms with Gasteiger partial charge in [-0.25, -0.2) is 4.98 Å². The molecule has 0 bridgehead atoms. The predicted molar refractivity (Wildman–Crippen MR) is 77.6 cm³/mol. The number of anilines is 1. The second-order valence-corrected chi connectivity index (χ2v) is 4.78. The first kappa shape index (κ1) is 17.8. The number of hydrogen-bond acceptors (Lipinski definition) is 7. The van der Waals surface area contributed by atoms with Gasteiger partial charge in [-0.2, -0.15) is 13.2 Å². The molecule has 0 radical (unpaired) electrons. The summed E-state index contributed by atoms with van der Waals surface area (Å²) in [5, 5.41) is 21.9. The molecule has 10 nitrogen and oxygen atoms in total. The van der Waals surface area contributed by atoms with Crippen LogP contribution in [-0.4, -0.2) is 19.4 Å². The molecule has 0 saturated heterocycles. The van der Waals surface area contributed by atoms with Gasteiger partial charge >= 0.3 is 6.18 Å². The van der Waals surface area contributed by atoms with Crippen LogP contribution in [0.5, 0.6) is 0 Å². The van der Waals surface area contributed by atoms with Crippen molar-refractivity contribution in [3.8, 4) is 11.4 Å². The van der Waals surface area contributed by atoms with Gasteiger partial charge in [-0.3, -0.25) is 29.6 Å². The van der Waals surface area contributed by atoms with Crippen molar-refractivity contribution in [2.45, 2.75) is 6.18 Å². The summed E-state index contributed by atoms with van der Waals surface area (Å²) < 4.78 is 39.5. The van der Waals surface area contributed by atoms with E-state index in [1.165, 1.54) is 0 Å². The Morgan fingerprint density at radius 2 is 1.80 bits per heavy atom. The van der Waals surface area contributed by atoms with Crippen LogP contribution in [0.1, 0.15) is 5.69 Å². The third-order valence-corrected chi connectivity index (χ3v) is 3.22. The van der Waals surface area contributed by atoms with E-state index in [1.807, 2.05) is 0 Å². The molecule has 2 N–H and O–H groups in total. The molecular weight excluding hydrogens is 351 g/mol. The first-order valence-corrected chi connectivity index (χ1v) is 6.32. The molecule has 0 amide bonds. The van der Waals surface area contributed by atoms with Crippen LogP contribution in [0.4, 0.5) is 30.2 Å². The van der Waals surface area contributed by atoms with E-state index < -0.39 is 55.7 Å². The second kappa shape index (κ2) is 5.85. The van der Waals surface area contributed by atoms with Crippen LogP contribution in [-0.2, 0) is 13.2 Å². The number of alkyl halides is 3. The Morgan fingerprint density at radius 3 is 2.28 bits per heavy atom. The molecule has 0 spiro atoms. The van der Waals surface area contributed by atoms with Crippen molar-refractivity contribution in [2.24, 2.45) is 7.05 Å². The van der Waals surface area contributed by atoms with Gasteiger partial charge in [-0.1, -0.05) is 0 Å². The minimum absolute atomic E-state index is 0.499. The molecule has 2 rings (SSSR count). The summed E-state index contributed by atoms with van der Waals surface area (Å²) in [6, 6.07) is 2.25. The smallest absolute Gasteiger partial charge is 0.392 e. The van der Waals surface area contributed by atoms with Gasteiger partial charge in [-0.05, 0) is 6.07 Å². The van der Waals surface area contributed by atoms with Crippen molar-refractivity contribution in [3.05, 3.63) is 54.5 Å². The topological polar surface area (TPSA) is 147 Å². The first-order chi connectivity index (χ1) is 11.4. The third kappa shape index (κ3) is 3.11. The van der Waals surface area contributed by atoms with Crippen LogP contribution in [0, 0.1) is 20.2 Å². The van der Waals surface area contributed by atoms with Gasteiger partial charge in [0.25, 0.3) is 16.9 Å². The Kier molecular flexibility index (Phi) is 4.17. The summed E-state index contributed by atoms with van der Waals surface area (Å²) in [7, 11) is 1.02. The van der Waals surface area contributed by atoms with Crippen LogP contribution in [0.3, 0.4) is 0 Å². The molecular formula is C12H8F3N5O5. The fraction of sp³-hybridized carbons (Fsp3) is 0.167. The molecule has 1 aromatic heterocycles. The monoisotopic (exact) mass is 359 g/mol. The van der Waals surface area contributed by atoms with Gasteiger partial charge < -0.3 is 5.73 Å². The molecule has 13 heteroatoms. The van der Waals surface area contributed by atoms with E-state index in [4.69, 9.17) is 5.73 Å². The van der Waals surface area contributed by atoms with E-state index in [0.717, 1.165) is 19.2 Å². The minimum atomic E-state index is -5.07. The highest BCUT2D eigenvalue weighted by Gasteiger charge is 2.38. The van der Waals surface area contributed by atoms with Crippen LogP contribution >= 0.6 is 0 Å². The summed E-state index contributed by atoms with van der Waals surface area (Å²) >= 11 is 0. The first-order valence-electron chi connectivity index (χ1n) is 6.32. The number of nitrogens with zero attached hydrogens (tertiary/aromatic N) is 4. The van der Waals surface area contributed by atoms with Gasteiger partial charge in [0.1, 0.15) is 11.5 Å². The highest BCUT2D eigenvalue weighted by molar-refractivity contribution is 5.71. The van der Waals surface area contributed by atoms with E-state index >= 15 is 0 Å². The molecule has 0 unspecified atom stereocenters. The molecule has 0 saturated carbocycles. The lowest BCUT2D eigenvalue weighted by Crippen LogP contribution is -2.28. The SMILES string of the molecule is Cn1c(-c2ccc([N+](=O)[O-])cc2[N+](=O)[O-])nc(C(F)(F)F)c(N)c1=O. The van der Waals surface area contributed by atoms with Crippen molar-refractivity contribution in [3.63, 3.8) is 0 Å². The van der Waals surface area contributed by atoms with Crippen LogP contribution in [0.15, 0.2) is 23.0 Å². The number of non-ortho nitro benzene ring substituents is 1. The molecule has 1 aromatic carbocycles. The Morgan fingerprint density at radius 1 is 1.20 bits per heavy atom. The maximum Gasteiger partial charge on any atom is 0.435 e. The Labute approximate surface area is 135 Å². The maximum absolute atomic E-state index is 13.0. The van der Waals surface area contributed by atoms with E-state index in [1.54, 1.807) is 0 Å². The normalized spacial score (nSPS) is 11.4. The molecule has 2 aromatic rings. The van der Waals surface area contributed by atoms with Gasteiger partial charge in [0, 0.05) is 13.1 Å². The van der Waals surface area contributed by atoms with E-state index in [2.05, 4.69) is 4.98 Å². The summed E-state index contributed by atoms with van der Waals surface area (Å²) in [6.07, 6.45) is -5.07. The fourth-order valence-electron chi connectivity index (χ4n) is 2.05. The molecule has 1 heterocycles. The molecule has 0 atom stereocenters. The molecule has 0 fully saturated rings. The Balaban J connectivity index is 2.87. The largest absolute Gasteiger partial charge is 0.435 e.